The number of nitrogens with one attached hydrogen (secondary N) is 1. The number of hydrogen-bond acceptors (Lipinski definition) is 4. The summed E-state index contributed by atoms with van der Waals surface area (Å²) in [6, 6.07) is 15.5. The van der Waals surface area contributed by atoms with Crippen molar-refractivity contribution in [2.24, 2.45) is 0 Å². The molecule has 3 aromatic heterocycles. The molecule has 0 spiro atoms. The van der Waals surface area contributed by atoms with Gasteiger partial charge in [-0.25, -0.2) is 4.68 Å². The first-order valence-electron chi connectivity index (χ1n) is 8.47. The van der Waals surface area contributed by atoms with Gasteiger partial charge in [0.15, 0.2) is 11.5 Å². The molecule has 0 aliphatic rings. The molecule has 4 rings (SSSR count). The number of carbonyl (C=O) groups is 1. The zero-order valence-corrected chi connectivity index (χ0v) is 15.4. The topological polar surface area (TPSA) is 77.1 Å². The van der Waals surface area contributed by atoms with Gasteiger partial charge in [0.1, 0.15) is 5.15 Å². The number of benzene rings is 1. The van der Waals surface area contributed by atoms with Gasteiger partial charge in [0, 0.05) is 6.20 Å². The first kappa shape index (κ1) is 17.2. The van der Waals surface area contributed by atoms with Gasteiger partial charge < -0.3 is 5.32 Å². The van der Waals surface area contributed by atoms with E-state index in [1.165, 1.54) is 0 Å². The Morgan fingerprint density at radius 1 is 1.11 bits per heavy atom. The number of pyridine rings is 1. The first-order valence-corrected chi connectivity index (χ1v) is 8.85. The summed E-state index contributed by atoms with van der Waals surface area (Å²) in [5.74, 6) is 0.355. The number of carbonyl (C=O) groups excluding carboxylic acids is 1. The molecule has 7 nitrogen and oxygen atoms in total. The summed E-state index contributed by atoms with van der Waals surface area (Å²) in [6.07, 6.45) is 1.85. The predicted octanol–water partition coefficient (Wildman–Crippen LogP) is 2.87. The molecule has 8 heteroatoms. The summed E-state index contributed by atoms with van der Waals surface area (Å²) < 4.78 is 3.46. The molecule has 1 N–H and O–H groups in total. The third-order valence-electron chi connectivity index (χ3n) is 4.26. The van der Waals surface area contributed by atoms with Crippen LogP contribution in [0, 0.1) is 6.92 Å². The van der Waals surface area contributed by atoms with E-state index in [-0.39, 0.29) is 12.5 Å². The first-order chi connectivity index (χ1) is 13.1. The molecule has 0 saturated carbocycles. The van der Waals surface area contributed by atoms with Crippen LogP contribution >= 0.6 is 11.6 Å². The molecule has 27 heavy (non-hydrogen) atoms. The number of nitrogens with zero attached hydrogens (tertiary/aromatic N) is 5. The summed E-state index contributed by atoms with van der Waals surface area (Å²) in [5.41, 5.74) is 2.75. The van der Waals surface area contributed by atoms with E-state index >= 15 is 0 Å². The van der Waals surface area contributed by atoms with Crippen LogP contribution in [0.2, 0.25) is 5.15 Å². The summed E-state index contributed by atoms with van der Waals surface area (Å²) in [4.78, 5) is 12.7. The zero-order valence-electron chi connectivity index (χ0n) is 14.6. The van der Waals surface area contributed by atoms with Gasteiger partial charge in [-0.3, -0.25) is 9.20 Å². The minimum Gasteiger partial charge on any atom is -0.345 e. The number of rotatable bonds is 5. The van der Waals surface area contributed by atoms with E-state index in [1.54, 1.807) is 11.6 Å². The number of aryl methyl sites for hydroxylation is 1. The molecule has 0 unspecified atom stereocenters. The normalized spacial score (nSPS) is 11.0. The molecule has 0 saturated heterocycles. The van der Waals surface area contributed by atoms with Gasteiger partial charge in [0.2, 0.25) is 0 Å². The van der Waals surface area contributed by atoms with Crippen LogP contribution in [-0.2, 0) is 13.1 Å². The van der Waals surface area contributed by atoms with Crippen LogP contribution in [0.5, 0.6) is 0 Å². The molecule has 0 atom stereocenters. The average Bonchev–Trinajstić information content (AvgIpc) is 3.21. The van der Waals surface area contributed by atoms with Crippen molar-refractivity contribution < 1.29 is 4.79 Å². The minimum absolute atomic E-state index is 0.240. The van der Waals surface area contributed by atoms with E-state index < -0.39 is 0 Å². The highest BCUT2D eigenvalue weighted by atomic mass is 35.5. The Hall–Kier alpha value is -3.19. The highest BCUT2D eigenvalue weighted by molar-refractivity contribution is 6.33. The van der Waals surface area contributed by atoms with Crippen LogP contribution in [0.3, 0.4) is 0 Å². The second-order valence-electron chi connectivity index (χ2n) is 6.12. The number of fused-ring (bicyclic) bond motifs is 1. The van der Waals surface area contributed by atoms with Crippen molar-refractivity contribution in [2.75, 3.05) is 0 Å². The van der Waals surface area contributed by atoms with Gasteiger partial charge in [-0.1, -0.05) is 48.0 Å². The van der Waals surface area contributed by atoms with Gasteiger partial charge in [-0.2, -0.15) is 5.10 Å². The van der Waals surface area contributed by atoms with Gasteiger partial charge in [0.05, 0.1) is 24.3 Å². The highest BCUT2D eigenvalue weighted by Crippen LogP contribution is 2.21. The molecule has 1 aromatic carbocycles. The van der Waals surface area contributed by atoms with Crippen molar-refractivity contribution >= 4 is 23.2 Å². The highest BCUT2D eigenvalue weighted by Gasteiger charge is 2.20. The molecule has 0 bridgehead atoms. The second-order valence-corrected chi connectivity index (χ2v) is 6.48. The summed E-state index contributed by atoms with van der Waals surface area (Å²) >= 11 is 6.44. The van der Waals surface area contributed by atoms with E-state index in [0.717, 1.165) is 11.2 Å². The molecule has 1 amide bonds. The SMILES string of the molecule is Cc1nn(Cc2ccccc2)c(Cl)c1C(=O)NCc1nnc2ccccn12. The van der Waals surface area contributed by atoms with Crippen LogP contribution in [0.1, 0.15) is 27.4 Å². The molecule has 0 aliphatic carbocycles. The Morgan fingerprint density at radius 2 is 1.89 bits per heavy atom. The molecule has 4 aromatic rings. The Kier molecular flexibility index (Phi) is 4.60. The fourth-order valence-corrected chi connectivity index (χ4v) is 3.25. The zero-order chi connectivity index (χ0) is 18.8. The summed E-state index contributed by atoms with van der Waals surface area (Å²) in [5, 5.41) is 15.8. The van der Waals surface area contributed by atoms with Crippen molar-refractivity contribution in [3.63, 3.8) is 0 Å². The second kappa shape index (κ2) is 7.20. The molecule has 136 valence electrons. The quantitative estimate of drug-likeness (QED) is 0.577. The third kappa shape index (κ3) is 3.41. The van der Waals surface area contributed by atoms with E-state index in [9.17, 15) is 4.79 Å². The van der Waals surface area contributed by atoms with E-state index in [4.69, 9.17) is 11.6 Å². The summed E-state index contributed by atoms with van der Waals surface area (Å²) in [7, 11) is 0. The van der Waals surface area contributed by atoms with Crippen molar-refractivity contribution in [1.82, 2.24) is 29.7 Å². The maximum atomic E-state index is 12.7. The van der Waals surface area contributed by atoms with Gasteiger partial charge in [-0.15, -0.1) is 10.2 Å². The molecule has 0 radical (unpaired) electrons. The van der Waals surface area contributed by atoms with Crippen molar-refractivity contribution in [2.45, 2.75) is 20.0 Å². The molecular weight excluding hydrogens is 364 g/mol. The van der Waals surface area contributed by atoms with Gasteiger partial charge in [0.25, 0.3) is 5.91 Å². The maximum absolute atomic E-state index is 12.7. The lowest BCUT2D eigenvalue weighted by Gasteiger charge is -2.05. The fraction of sp³-hybridized carbons (Fsp3) is 0.158. The average molecular weight is 381 g/mol. The standard InChI is InChI=1S/C19H17ClN6O/c1-13-17(18(20)26(24-13)12-14-7-3-2-4-8-14)19(27)21-11-16-23-22-15-9-5-6-10-25(15)16/h2-10H,11-12H2,1H3,(H,21,27). The van der Waals surface area contributed by atoms with Crippen molar-refractivity contribution in [1.29, 1.82) is 0 Å². The molecule has 3 heterocycles. The van der Waals surface area contributed by atoms with E-state index in [0.29, 0.717) is 28.8 Å². The minimum atomic E-state index is -0.288. The number of aromatic nitrogens is 5. The Balaban J connectivity index is 1.52. The van der Waals surface area contributed by atoms with E-state index in [1.807, 2.05) is 59.1 Å². The summed E-state index contributed by atoms with van der Waals surface area (Å²) in [6.45, 7) is 2.51. The third-order valence-corrected chi connectivity index (χ3v) is 4.64. The van der Waals surface area contributed by atoms with Gasteiger partial charge >= 0.3 is 0 Å². The smallest absolute Gasteiger partial charge is 0.256 e. The fourth-order valence-electron chi connectivity index (χ4n) is 2.93. The van der Waals surface area contributed by atoms with Crippen LogP contribution in [0.25, 0.3) is 5.65 Å². The Labute approximate surface area is 160 Å². The van der Waals surface area contributed by atoms with Crippen LogP contribution in [0.15, 0.2) is 54.7 Å². The van der Waals surface area contributed by atoms with Crippen LogP contribution < -0.4 is 5.32 Å². The molecule has 0 fully saturated rings. The lowest BCUT2D eigenvalue weighted by Crippen LogP contribution is -2.24. The Morgan fingerprint density at radius 3 is 2.70 bits per heavy atom. The number of amides is 1. The monoisotopic (exact) mass is 380 g/mol. The van der Waals surface area contributed by atoms with Crippen LogP contribution in [-0.4, -0.2) is 30.3 Å². The number of hydrogen-bond donors (Lipinski definition) is 1. The van der Waals surface area contributed by atoms with Crippen molar-refractivity contribution in [3.8, 4) is 0 Å². The molecule has 0 aliphatic heterocycles. The number of halogens is 1. The van der Waals surface area contributed by atoms with Crippen LogP contribution in [0.4, 0.5) is 0 Å². The predicted molar refractivity (Wildman–Crippen MR) is 102 cm³/mol. The lowest BCUT2D eigenvalue weighted by atomic mass is 10.2. The maximum Gasteiger partial charge on any atom is 0.256 e. The lowest BCUT2D eigenvalue weighted by molar-refractivity contribution is 0.0949. The van der Waals surface area contributed by atoms with Crippen molar-refractivity contribution in [3.05, 3.63) is 82.5 Å². The largest absolute Gasteiger partial charge is 0.345 e. The molecular formula is C19H17ClN6O. The van der Waals surface area contributed by atoms with Gasteiger partial charge in [-0.05, 0) is 24.6 Å². The van der Waals surface area contributed by atoms with E-state index in [2.05, 4.69) is 20.6 Å². The Bertz CT molecular complexity index is 1100.